The molecule has 1 saturated heterocycles. The molecule has 0 spiro atoms. The van der Waals surface area contributed by atoms with E-state index in [1.54, 1.807) is 0 Å². The van der Waals surface area contributed by atoms with Gasteiger partial charge in [-0.15, -0.1) is 0 Å². The Balaban J connectivity index is 1.31. The molecule has 1 aliphatic heterocycles. The maximum absolute atomic E-state index is 12.5. The Morgan fingerprint density at radius 2 is 2.11 bits per heavy atom. The van der Waals surface area contributed by atoms with Crippen LogP contribution in [0.15, 0.2) is 24.3 Å². The molecule has 2 heterocycles. The summed E-state index contributed by atoms with van der Waals surface area (Å²) in [7, 11) is 2.22. The number of carbonyl (C=O) groups excluding carboxylic acids is 1. The number of aryl methyl sites for hydroxylation is 2. The molecule has 0 radical (unpaired) electrons. The molecule has 144 valence electrons. The standard InChI is InChI=1S/C22H30N4O/c1-15-14-26(2)13-12-17(15)9-6-16-7-10-18(11-8-16)23-22(27)21-19-4-3-5-20(19)24-25-21/h7-8,10-11,15,17H,3-6,9,12-14H2,1-2H3,(H,23,27)(H,24,25)/t15-,17+/m0/s1. The molecule has 5 nitrogen and oxygen atoms in total. The fourth-order valence-corrected chi connectivity index (χ4v) is 4.64. The molecular formula is C22H30N4O. The number of anilines is 1. The average Bonchev–Trinajstić information content (AvgIpc) is 3.25. The van der Waals surface area contributed by atoms with Gasteiger partial charge in [-0.25, -0.2) is 0 Å². The molecule has 2 N–H and O–H groups in total. The number of nitrogens with zero attached hydrogens (tertiary/aromatic N) is 2. The molecule has 1 aliphatic carbocycles. The second-order valence-electron chi connectivity index (χ2n) is 8.36. The van der Waals surface area contributed by atoms with E-state index in [9.17, 15) is 4.79 Å². The zero-order valence-corrected chi connectivity index (χ0v) is 16.4. The van der Waals surface area contributed by atoms with Crippen molar-refractivity contribution in [2.45, 2.75) is 45.4 Å². The van der Waals surface area contributed by atoms with Crippen molar-refractivity contribution in [1.29, 1.82) is 0 Å². The fourth-order valence-electron chi connectivity index (χ4n) is 4.64. The van der Waals surface area contributed by atoms with Crippen molar-refractivity contribution in [2.75, 3.05) is 25.5 Å². The lowest BCUT2D eigenvalue weighted by atomic mass is 9.83. The van der Waals surface area contributed by atoms with Crippen molar-refractivity contribution in [3.05, 3.63) is 46.8 Å². The van der Waals surface area contributed by atoms with Gasteiger partial charge in [0.2, 0.25) is 0 Å². The van der Waals surface area contributed by atoms with Gasteiger partial charge in [0.05, 0.1) is 0 Å². The van der Waals surface area contributed by atoms with E-state index in [-0.39, 0.29) is 5.91 Å². The number of hydrogen-bond donors (Lipinski definition) is 2. The van der Waals surface area contributed by atoms with Crippen molar-refractivity contribution in [3.63, 3.8) is 0 Å². The highest BCUT2D eigenvalue weighted by Crippen LogP contribution is 2.27. The molecule has 2 aromatic rings. The van der Waals surface area contributed by atoms with Crippen molar-refractivity contribution in [2.24, 2.45) is 11.8 Å². The number of H-pyrrole nitrogens is 1. The molecule has 4 rings (SSSR count). The Morgan fingerprint density at radius 3 is 2.89 bits per heavy atom. The molecule has 0 bridgehead atoms. The van der Waals surface area contributed by atoms with E-state index in [0.717, 1.165) is 54.5 Å². The third kappa shape index (κ3) is 4.08. The van der Waals surface area contributed by atoms with Gasteiger partial charge in [-0.05, 0) is 81.6 Å². The maximum atomic E-state index is 12.5. The fraction of sp³-hybridized carbons (Fsp3) is 0.545. The van der Waals surface area contributed by atoms with Gasteiger partial charge in [-0.3, -0.25) is 9.89 Å². The van der Waals surface area contributed by atoms with E-state index in [4.69, 9.17) is 0 Å². The quantitative estimate of drug-likeness (QED) is 0.849. The third-order valence-corrected chi connectivity index (χ3v) is 6.32. The minimum atomic E-state index is -0.109. The SMILES string of the molecule is C[C@H]1CN(C)CC[C@H]1CCc1ccc(NC(=O)c2n[nH]c3c2CCC3)cc1. The van der Waals surface area contributed by atoms with Gasteiger partial charge in [0.25, 0.3) is 5.91 Å². The lowest BCUT2D eigenvalue weighted by Gasteiger charge is -2.34. The Hall–Kier alpha value is -2.14. The number of amides is 1. The molecule has 5 heteroatoms. The number of aromatic nitrogens is 2. The summed E-state index contributed by atoms with van der Waals surface area (Å²) < 4.78 is 0. The topological polar surface area (TPSA) is 61.0 Å². The van der Waals surface area contributed by atoms with Crippen LogP contribution in [0.5, 0.6) is 0 Å². The normalized spacial score (nSPS) is 22.6. The highest BCUT2D eigenvalue weighted by Gasteiger charge is 2.24. The largest absolute Gasteiger partial charge is 0.321 e. The molecule has 1 fully saturated rings. The number of benzene rings is 1. The lowest BCUT2D eigenvalue weighted by molar-refractivity contribution is 0.102. The minimum absolute atomic E-state index is 0.109. The summed E-state index contributed by atoms with van der Waals surface area (Å²) in [5.41, 5.74) is 4.96. The van der Waals surface area contributed by atoms with Crippen LogP contribution in [0.1, 0.15) is 53.5 Å². The second kappa shape index (κ2) is 7.85. The number of hydrogen-bond acceptors (Lipinski definition) is 3. The number of carbonyl (C=O) groups is 1. The van der Waals surface area contributed by atoms with Crippen LogP contribution in [0.3, 0.4) is 0 Å². The van der Waals surface area contributed by atoms with Crippen LogP contribution in [0, 0.1) is 11.8 Å². The zero-order valence-electron chi connectivity index (χ0n) is 16.4. The third-order valence-electron chi connectivity index (χ3n) is 6.32. The number of nitrogens with one attached hydrogen (secondary N) is 2. The molecular weight excluding hydrogens is 336 g/mol. The zero-order chi connectivity index (χ0) is 18.8. The van der Waals surface area contributed by atoms with Crippen LogP contribution in [-0.2, 0) is 19.3 Å². The van der Waals surface area contributed by atoms with Crippen LogP contribution in [-0.4, -0.2) is 41.1 Å². The van der Waals surface area contributed by atoms with E-state index >= 15 is 0 Å². The van der Waals surface area contributed by atoms with Gasteiger partial charge < -0.3 is 10.2 Å². The summed E-state index contributed by atoms with van der Waals surface area (Å²) in [5.74, 6) is 1.49. The van der Waals surface area contributed by atoms with E-state index in [1.165, 1.54) is 31.5 Å². The van der Waals surface area contributed by atoms with E-state index < -0.39 is 0 Å². The van der Waals surface area contributed by atoms with E-state index in [1.807, 2.05) is 12.1 Å². The average molecular weight is 367 g/mol. The second-order valence-corrected chi connectivity index (χ2v) is 8.36. The highest BCUT2D eigenvalue weighted by atomic mass is 16.1. The number of piperidine rings is 1. The van der Waals surface area contributed by atoms with Gasteiger partial charge in [-0.1, -0.05) is 19.1 Å². The van der Waals surface area contributed by atoms with Crippen molar-refractivity contribution < 1.29 is 4.79 Å². The Morgan fingerprint density at radius 1 is 1.30 bits per heavy atom. The lowest BCUT2D eigenvalue weighted by Crippen LogP contribution is -2.36. The molecule has 1 aromatic carbocycles. The van der Waals surface area contributed by atoms with Crippen molar-refractivity contribution in [1.82, 2.24) is 15.1 Å². The monoisotopic (exact) mass is 366 g/mol. The van der Waals surface area contributed by atoms with Crippen LogP contribution in [0.25, 0.3) is 0 Å². The van der Waals surface area contributed by atoms with Gasteiger partial charge in [0.15, 0.2) is 5.69 Å². The number of fused-ring (bicyclic) bond motifs is 1. The minimum Gasteiger partial charge on any atom is -0.321 e. The number of likely N-dealkylation sites (tertiary alicyclic amines) is 1. The van der Waals surface area contributed by atoms with Gasteiger partial charge >= 0.3 is 0 Å². The van der Waals surface area contributed by atoms with Crippen molar-refractivity contribution >= 4 is 11.6 Å². The molecule has 2 aliphatic rings. The summed E-state index contributed by atoms with van der Waals surface area (Å²) in [5, 5.41) is 10.2. The molecule has 2 atom stereocenters. The molecule has 27 heavy (non-hydrogen) atoms. The van der Waals surface area contributed by atoms with Crippen LogP contribution < -0.4 is 5.32 Å². The van der Waals surface area contributed by atoms with Gasteiger partial charge in [0.1, 0.15) is 0 Å². The molecule has 0 unspecified atom stereocenters. The molecule has 1 aromatic heterocycles. The Kier molecular flexibility index (Phi) is 5.30. The number of aromatic amines is 1. The first-order valence-electron chi connectivity index (χ1n) is 10.2. The van der Waals surface area contributed by atoms with Gasteiger partial charge in [0, 0.05) is 23.5 Å². The van der Waals surface area contributed by atoms with E-state index in [0.29, 0.717) is 5.69 Å². The van der Waals surface area contributed by atoms with Crippen LogP contribution in [0.4, 0.5) is 5.69 Å². The van der Waals surface area contributed by atoms with Gasteiger partial charge in [-0.2, -0.15) is 5.10 Å². The van der Waals surface area contributed by atoms with Crippen molar-refractivity contribution in [3.8, 4) is 0 Å². The summed E-state index contributed by atoms with van der Waals surface area (Å²) in [6, 6.07) is 8.31. The van der Waals surface area contributed by atoms with Crippen LogP contribution >= 0.6 is 0 Å². The molecule has 0 saturated carbocycles. The first-order valence-corrected chi connectivity index (χ1v) is 10.2. The molecule has 1 amide bonds. The summed E-state index contributed by atoms with van der Waals surface area (Å²) in [6.07, 6.45) is 6.72. The predicted octanol–water partition coefficient (Wildman–Crippen LogP) is 3.67. The summed E-state index contributed by atoms with van der Waals surface area (Å²) >= 11 is 0. The first kappa shape index (κ1) is 18.2. The summed E-state index contributed by atoms with van der Waals surface area (Å²) in [6.45, 7) is 4.81. The number of rotatable bonds is 5. The van der Waals surface area contributed by atoms with E-state index in [2.05, 4.69) is 46.5 Å². The summed E-state index contributed by atoms with van der Waals surface area (Å²) in [4.78, 5) is 15.0. The smallest absolute Gasteiger partial charge is 0.276 e. The first-order chi connectivity index (χ1) is 13.1. The predicted molar refractivity (Wildman–Crippen MR) is 108 cm³/mol. The highest BCUT2D eigenvalue weighted by molar-refractivity contribution is 6.04. The van der Waals surface area contributed by atoms with Crippen LogP contribution in [0.2, 0.25) is 0 Å². The Bertz CT molecular complexity index is 795. The Labute approximate surface area is 161 Å². The maximum Gasteiger partial charge on any atom is 0.276 e.